The number of hydrogen-bond acceptors (Lipinski definition) is 4. The van der Waals surface area contributed by atoms with Crippen LogP contribution in [0.25, 0.3) is 11.3 Å². The number of nitro benzene ring substituents is 1. The summed E-state index contributed by atoms with van der Waals surface area (Å²) >= 11 is 12.0. The second-order valence-corrected chi connectivity index (χ2v) is 5.89. The van der Waals surface area contributed by atoms with Gasteiger partial charge in [0, 0.05) is 28.4 Å². The van der Waals surface area contributed by atoms with E-state index >= 15 is 0 Å². The molecule has 1 heterocycles. The van der Waals surface area contributed by atoms with Crippen LogP contribution in [0.2, 0.25) is 10.0 Å². The molecule has 8 heteroatoms. The number of furan rings is 1. The molecule has 1 amide bonds. The maximum absolute atomic E-state index is 12.3. The average molecular weight is 377 g/mol. The third-order valence-electron chi connectivity index (χ3n) is 3.34. The van der Waals surface area contributed by atoms with E-state index in [9.17, 15) is 14.9 Å². The molecule has 3 rings (SSSR count). The first-order valence-electron chi connectivity index (χ1n) is 7.05. The fourth-order valence-corrected chi connectivity index (χ4v) is 2.69. The van der Waals surface area contributed by atoms with E-state index < -0.39 is 10.8 Å². The molecule has 0 atom stereocenters. The summed E-state index contributed by atoms with van der Waals surface area (Å²) in [6.45, 7) is 0. The highest BCUT2D eigenvalue weighted by Gasteiger charge is 2.15. The maximum Gasteiger partial charge on any atom is 0.291 e. The van der Waals surface area contributed by atoms with Gasteiger partial charge in [-0.05, 0) is 36.4 Å². The Morgan fingerprint density at radius 1 is 1.08 bits per heavy atom. The molecule has 0 aliphatic rings. The second-order valence-electron chi connectivity index (χ2n) is 5.05. The third-order valence-corrected chi connectivity index (χ3v) is 3.89. The second kappa shape index (κ2) is 6.96. The fourth-order valence-electron chi connectivity index (χ4n) is 2.18. The van der Waals surface area contributed by atoms with Crippen LogP contribution in [-0.4, -0.2) is 10.8 Å². The Balaban J connectivity index is 1.81. The van der Waals surface area contributed by atoms with Crippen molar-refractivity contribution in [1.82, 2.24) is 0 Å². The number of benzene rings is 2. The number of amides is 1. The van der Waals surface area contributed by atoms with Crippen LogP contribution in [0.15, 0.2) is 59.0 Å². The Morgan fingerprint density at radius 2 is 1.88 bits per heavy atom. The summed E-state index contributed by atoms with van der Waals surface area (Å²) < 4.78 is 5.53. The van der Waals surface area contributed by atoms with Crippen molar-refractivity contribution in [3.63, 3.8) is 0 Å². The van der Waals surface area contributed by atoms with Crippen molar-refractivity contribution < 1.29 is 14.1 Å². The van der Waals surface area contributed by atoms with E-state index in [1.807, 2.05) is 0 Å². The van der Waals surface area contributed by atoms with E-state index in [0.29, 0.717) is 27.1 Å². The summed E-state index contributed by atoms with van der Waals surface area (Å²) in [6.07, 6.45) is 0. The molecule has 2 aromatic carbocycles. The van der Waals surface area contributed by atoms with Gasteiger partial charge in [0.05, 0.1) is 9.95 Å². The summed E-state index contributed by atoms with van der Waals surface area (Å²) in [5.74, 6) is -0.0739. The summed E-state index contributed by atoms with van der Waals surface area (Å²) in [7, 11) is 0. The van der Waals surface area contributed by atoms with Crippen LogP contribution in [0.4, 0.5) is 11.4 Å². The molecule has 0 fully saturated rings. The first-order valence-corrected chi connectivity index (χ1v) is 7.81. The van der Waals surface area contributed by atoms with Gasteiger partial charge >= 0.3 is 0 Å². The van der Waals surface area contributed by atoms with Crippen LogP contribution in [0.1, 0.15) is 10.6 Å². The monoisotopic (exact) mass is 376 g/mol. The number of anilines is 1. The zero-order valence-electron chi connectivity index (χ0n) is 12.5. The first kappa shape index (κ1) is 17.0. The molecular weight excluding hydrogens is 367 g/mol. The van der Waals surface area contributed by atoms with Crippen LogP contribution in [-0.2, 0) is 0 Å². The van der Waals surface area contributed by atoms with Gasteiger partial charge < -0.3 is 9.73 Å². The minimum atomic E-state index is -0.539. The van der Waals surface area contributed by atoms with E-state index in [-0.39, 0.29) is 11.4 Å². The number of nitro groups is 1. The lowest BCUT2D eigenvalue weighted by atomic mass is 10.2. The number of nitrogens with one attached hydrogen (secondary N) is 1. The predicted molar refractivity (Wildman–Crippen MR) is 95.2 cm³/mol. The molecule has 0 unspecified atom stereocenters. The summed E-state index contributed by atoms with van der Waals surface area (Å²) in [4.78, 5) is 22.5. The Bertz CT molecular complexity index is 969. The van der Waals surface area contributed by atoms with Gasteiger partial charge in [0.2, 0.25) is 0 Å². The Morgan fingerprint density at radius 3 is 2.60 bits per heavy atom. The van der Waals surface area contributed by atoms with Crippen molar-refractivity contribution >= 4 is 40.5 Å². The van der Waals surface area contributed by atoms with Crippen LogP contribution >= 0.6 is 23.2 Å². The smallest absolute Gasteiger partial charge is 0.291 e. The molecule has 0 saturated heterocycles. The van der Waals surface area contributed by atoms with Crippen molar-refractivity contribution in [1.29, 1.82) is 0 Å². The van der Waals surface area contributed by atoms with Gasteiger partial charge in [0.25, 0.3) is 11.6 Å². The molecule has 0 saturated carbocycles. The Kier molecular flexibility index (Phi) is 4.74. The van der Waals surface area contributed by atoms with E-state index in [0.717, 1.165) is 0 Å². The number of hydrogen-bond donors (Lipinski definition) is 1. The summed E-state index contributed by atoms with van der Waals surface area (Å²) in [5, 5.41) is 14.2. The fraction of sp³-hybridized carbons (Fsp3) is 0. The quantitative estimate of drug-likeness (QED) is 0.486. The number of nitrogens with zero attached hydrogens (tertiary/aromatic N) is 1. The number of carbonyl (C=O) groups excluding carboxylic acids is 1. The van der Waals surface area contributed by atoms with Crippen LogP contribution in [0, 0.1) is 10.1 Å². The predicted octanol–water partition coefficient (Wildman–Crippen LogP) is 5.41. The molecule has 6 nitrogen and oxygen atoms in total. The number of halogens is 2. The summed E-state index contributed by atoms with van der Waals surface area (Å²) in [6, 6.07) is 13.6. The lowest BCUT2D eigenvalue weighted by molar-refractivity contribution is -0.384. The van der Waals surface area contributed by atoms with Gasteiger partial charge in [-0.3, -0.25) is 14.9 Å². The molecule has 0 aliphatic heterocycles. The molecule has 0 bridgehead atoms. The molecule has 3 aromatic rings. The standard InChI is InChI=1S/C17H10Cl2N2O4/c18-10-4-5-13(14(19)8-10)15-6-7-16(25-15)17(22)20-11-2-1-3-12(9-11)21(23)24/h1-9H,(H,20,22). The number of non-ortho nitro benzene ring substituents is 1. The minimum absolute atomic E-state index is 0.0486. The molecule has 0 spiro atoms. The van der Waals surface area contributed by atoms with Gasteiger partial charge in [0.15, 0.2) is 5.76 Å². The maximum atomic E-state index is 12.3. The lowest BCUT2D eigenvalue weighted by Crippen LogP contribution is -2.10. The van der Waals surface area contributed by atoms with Gasteiger partial charge in [-0.2, -0.15) is 0 Å². The highest BCUT2D eigenvalue weighted by Crippen LogP contribution is 2.31. The van der Waals surface area contributed by atoms with Crippen molar-refractivity contribution in [3.05, 3.63) is 80.5 Å². The molecule has 1 aromatic heterocycles. The molecule has 126 valence electrons. The minimum Gasteiger partial charge on any atom is -0.451 e. The van der Waals surface area contributed by atoms with Crippen molar-refractivity contribution in [2.45, 2.75) is 0 Å². The Hall–Kier alpha value is -2.83. The first-order chi connectivity index (χ1) is 11.9. The van der Waals surface area contributed by atoms with Crippen molar-refractivity contribution in [3.8, 4) is 11.3 Å². The molecule has 25 heavy (non-hydrogen) atoms. The number of carbonyl (C=O) groups is 1. The summed E-state index contributed by atoms with van der Waals surface area (Å²) in [5.41, 5.74) is 0.771. The van der Waals surface area contributed by atoms with Crippen molar-refractivity contribution in [2.24, 2.45) is 0 Å². The molecular formula is C17H10Cl2N2O4. The molecule has 0 aliphatic carbocycles. The van der Waals surface area contributed by atoms with Crippen LogP contribution < -0.4 is 5.32 Å². The Labute approximate surface area is 152 Å². The SMILES string of the molecule is O=C(Nc1cccc([N+](=O)[O-])c1)c1ccc(-c2ccc(Cl)cc2Cl)o1. The lowest BCUT2D eigenvalue weighted by Gasteiger charge is -2.03. The van der Waals surface area contributed by atoms with Gasteiger partial charge in [-0.15, -0.1) is 0 Å². The zero-order valence-corrected chi connectivity index (χ0v) is 14.0. The van der Waals surface area contributed by atoms with Crippen molar-refractivity contribution in [2.75, 3.05) is 5.32 Å². The molecule has 1 N–H and O–H groups in total. The highest BCUT2D eigenvalue weighted by atomic mass is 35.5. The highest BCUT2D eigenvalue weighted by molar-refractivity contribution is 6.36. The van der Waals surface area contributed by atoms with Gasteiger partial charge in [-0.25, -0.2) is 0 Å². The van der Waals surface area contributed by atoms with Crippen LogP contribution in [0.3, 0.4) is 0 Å². The van der Waals surface area contributed by atoms with Crippen LogP contribution in [0.5, 0.6) is 0 Å². The van der Waals surface area contributed by atoms with Gasteiger partial charge in [0.1, 0.15) is 5.76 Å². The van der Waals surface area contributed by atoms with E-state index in [1.165, 1.54) is 24.3 Å². The third kappa shape index (κ3) is 3.81. The number of rotatable bonds is 4. The largest absolute Gasteiger partial charge is 0.451 e. The average Bonchev–Trinajstić information content (AvgIpc) is 3.05. The van der Waals surface area contributed by atoms with E-state index in [1.54, 1.807) is 30.3 Å². The van der Waals surface area contributed by atoms with E-state index in [4.69, 9.17) is 27.6 Å². The zero-order chi connectivity index (χ0) is 18.0. The molecule has 0 radical (unpaired) electrons. The van der Waals surface area contributed by atoms with E-state index in [2.05, 4.69) is 5.32 Å². The van der Waals surface area contributed by atoms with Gasteiger partial charge in [-0.1, -0.05) is 29.3 Å². The normalized spacial score (nSPS) is 10.5. The topological polar surface area (TPSA) is 85.4 Å².